The number of anilines is 2. The minimum atomic E-state index is -1.01. The fourth-order valence-electron chi connectivity index (χ4n) is 3.70. The minimum absolute atomic E-state index is 0.170. The van der Waals surface area contributed by atoms with Crippen LogP contribution in [0, 0.1) is 0 Å². The first-order chi connectivity index (χ1) is 14.3. The zero-order valence-electron chi connectivity index (χ0n) is 17.0. The van der Waals surface area contributed by atoms with Crippen molar-refractivity contribution in [3.8, 4) is 0 Å². The molecule has 0 radical (unpaired) electrons. The van der Waals surface area contributed by atoms with Crippen molar-refractivity contribution < 1.29 is 38.1 Å². The third-order valence-corrected chi connectivity index (χ3v) is 4.95. The van der Waals surface area contributed by atoms with Crippen LogP contribution in [-0.2, 0) is 38.1 Å². The van der Waals surface area contributed by atoms with Gasteiger partial charge in [0, 0.05) is 7.05 Å². The molecule has 1 atom stereocenters. The van der Waals surface area contributed by atoms with E-state index >= 15 is 0 Å². The zero-order valence-corrected chi connectivity index (χ0v) is 17.0. The van der Waals surface area contributed by atoms with Crippen molar-refractivity contribution in [3.63, 3.8) is 0 Å². The SMILES string of the molecule is COC(=O)C1=C(C(=O)OC)[C@@H]2N(C)c3ccccc3N2C(C(=O)OC)=C1C(=O)OC. The van der Waals surface area contributed by atoms with Crippen LogP contribution in [0.2, 0.25) is 0 Å². The molecule has 0 aliphatic carbocycles. The number of hydrogen-bond donors (Lipinski definition) is 0. The van der Waals surface area contributed by atoms with Gasteiger partial charge in [-0.05, 0) is 12.1 Å². The fourth-order valence-corrected chi connectivity index (χ4v) is 3.70. The van der Waals surface area contributed by atoms with E-state index in [1.54, 1.807) is 36.2 Å². The Labute approximate surface area is 172 Å². The number of rotatable bonds is 4. The number of hydrogen-bond acceptors (Lipinski definition) is 10. The third kappa shape index (κ3) is 2.88. The van der Waals surface area contributed by atoms with E-state index < -0.39 is 41.2 Å². The van der Waals surface area contributed by atoms with Gasteiger partial charge in [-0.25, -0.2) is 19.2 Å². The Kier molecular flexibility index (Phi) is 5.50. The summed E-state index contributed by atoms with van der Waals surface area (Å²) in [6.45, 7) is 0. The first kappa shape index (κ1) is 20.9. The molecule has 0 saturated carbocycles. The maximum absolute atomic E-state index is 12.8. The summed E-state index contributed by atoms with van der Waals surface area (Å²) >= 11 is 0. The van der Waals surface area contributed by atoms with Gasteiger partial charge in [-0.1, -0.05) is 12.1 Å². The van der Waals surface area contributed by atoms with Crippen LogP contribution < -0.4 is 9.80 Å². The molecular weight excluding hydrogens is 396 g/mol. The fraction of sp³-hybridized carbons (Fsp3) is 0.300. The molecule has 0 saturated heterocycles. The molecule has 0 spiro atoms. The van der Waals surface area contributed by atoms with Crippen LogP contribution >= 0.6 is 0 Å². The Morgan fingerprint density at radius 2 is 1.23 bits per heavy atom. The second-order valence-corrected chi connectivity index (χ2v) is 6.32. The summed E-state index contributed by atoms with van der Waals surface area (Å²) in [7, 11) is 6.15. The standard InChI is InChI=1S/C20H20N2O8/c1-21-10-8-6-7-9-11(10)22-15(20(26)30-5)13(18(24)28-3)12(17(23)27-2)14(16(21)22)19(25)29-4/h6-9,16H,1-5H3/t16-/m1/s1. The maximum atomic E-state index is 12.8. The molecule has 2 aliphatic heterocycles. The molecule has 158 valence electrons. The van der Waals surface area contributed by atoms with Crippen LogP contribution in [0.25, 0.3) is 0 Å². The van der Waals surface area contributed by atoms with Crippen molar-refractivity contribution >= 4 is 35.3 Å². The molecule has 0 amide bonds. The van der Waals surface area contributed by atoms with E-state index in [2.05, 4.69) is 0 Å². The largest absolute Gasteiger partial charge is 0.466 e. The number of carbonyl (C=O) groups is 4. The van der Waals surface area contributed by atoms with Crippen molar-refractivity contribution in [2.24, 2.45) is 0 Å². The number of carbonyl (C=O) groups excluding carboxylic acids is 4. The number of para-hydroxylation sites is 2. The van der Waals surface area contributed by atoms with Gasteiger partial charge in [0.05, 0.1) is 51.0 Å². The smallest absolute Gasteiger partial charge is 0.355 e. The van der Waals surface area contributed by atoms with Crippen LogP contribution in [0.15, 0.2) is 46.7 Å². The number of ether oxygens (including phenoxy) is 4. The average Bonchev–Trinajstić information content (AvgIpc) is 3.07. The van der Waals surface area contributed by atoms with E-state index in [4.69, 9.17) is 18.9 Å². The zero-order chi connectivity index (χ0) is 22.2. The van der Waals surface area contributed by atoms with E-state index in [1.165, 1.54) is 4.90 Å². The van der Waals surface area contributed by atoms with Gasteiger partial charge in [-0.3, -0.25) is 0 Å². The monoisotopic (exact) mass is 416 g/mol. The Morgan fingerprint density at radius 3 is 1.77 bits per heavy atom. The summed E-state index contributed by atoms with van der Waals surface area (Å²) < 4.78 is 19.5. The highest BCUT2D eigenvalue weighted by Crippen LogP contribution is 2.48. The number of nitrogens with zero attached hydrogens (tertiary/aromatic N) is 2. The van der Waals surface area contributed by atoms with Crippen LogP contribution in [0.1, 0.15) is 0 Å². The Morgan fingerprint density at radius 1 is 0.733 bits per heavy atom. The number of esters is 4. The lowest BCUT2D eigenvalue weighted by Crippen LogP contribution is -2.51. The van der Waals surface area contributed by atoms with Crippen molar-refractivity contribution in [1.29, 1.82) is 0 Å². The molecule has 0 fully saturated rings. The predicted molar refractivity (Wildman–Crippen MR) is 103 cm³/mol. The molecule has 3 rings (SSSR count). The van der Waals surface area contributed by atoms with Gasteiger partial charge in [-0.2, -0.15) is 0 Å². The summed E-state index contributed by atoms with van der Waals surface area (Å²) in [5.74, 6) is -3.77. The molecule has 0 aromatic heterocycles. The molecule has 0 bridgehead atoms. The molecular formula is C20H20N2O8. The van der Waals surface area contributed by atoms with E-state index in [0.29, 0.717) is 11.4 Å². The van der Waals surface area contributed by atoms with Crippen LogP contribution in [0.3, 0.4) is 0 Å². The average molecular weight is 416 g/mol. The molecule has 10 nitrogen and oxygen atoms in total. The van der Waals surface area contributed by atoms with Gasteiger partial charge < -0.3 is 28.7 Å². The number of benzene rings is 1. The lowest BCUT2D eigenvalue weighted by Gasteiger charge is -2.37. The third-order valence-electron chi connectivity index (χ3n) is 4.95. The number of fused-ring (bicyclic) bond motifs is 3. The van der Waals surface area contributed by atoms with E-state index in [-0.39, 0.29) is 11.3 Å². The van der Waals surface area contributed by atoms with Crippen LogP contribution in [0.5, 0.6) is 0 Å². The van der Waals surface area contributed by atoms with E-state index in [1.807, 2.05) is 0 Å². The number of likely N-dealkylation sites (N-methyl/N-ethyl adjacent to an activating group) is 1. The molecule has 0 unspecified atom stereocenters. The molecule has 30 heavy (non-hydrogen) atoms. The highest BCUT2D eigenvalue weighted by molar-refractivity contribution is 6.19. The molecule has 10 heteroatoms. The lowest BCUT2D eigenvalue weighted by atomic mass is 9.90. The second-order valence-electron chi connectivity index (χ2n) is 6.32. The summed E-state index contributed by atoms with van der Waals surface area (Å²) in [5.41, 5.74) is -0.108. The summed E-state index contributed by atoms with van der Waals surface area (Å²) in [5, 5.41) is 0. The topological polar surface area (TPSA) is 112 Å². The molecule has 1 aromatic rings. The van der Waals surface area contributed by atoms with Crippen LogP contribution in [-0.4, -0.2) is 65.5 Å². The quantitative estimate of drug-likeness (QED) is 0.509. The normalized spacial score (nSPS) is 17.3. The van der Waals surface area contributed by atoms with Crippen molar-refractivity contribution in [3.05, 3.63) is 46.7 Å². The first-order valence-electron chi connectivity index (χ1n) is 8.77. The Balaban J connectivity index is 2.50. The van der Waals surface area contributed by atoms with E-state index in [9.17, 15) is 19.2 Å². The Bertz CT molecular complexity index is 1010. The molecule has 1 aromatic carbocycles. The van der Waals surface area contributed by atoms with Gasteiger partial charge in [0.25, 0.3) is 0 Å². The highest BCUT2D eigenvalue weighted by Gasteiger charge is 2.52. The van der Waals surface area contributed by atoms with Gasteiger partial charge in [-0.15, -0.1) is 0 Å². The highest BCUT2D eigenvalue weighted by atomic mass is 16.5. The summed E-state index contributed by atoms with van der Waals surface area (Å²) in [4.78, 5) is 54.2. The summed E-state index contributed by atoms with van der Waals surface area (Å²) in [6.07, 6.45) is -0.966. The second kappa shape index (κ2) is 7.90. The predicted octanol–water partition coefficient (Wildman–Crippen LogP) is 0.525. The molecule has 0 N–H and O–H groups in total. The van der Waals surface area contributed by atoms with Crippen molar-refractivity contribution in [2.45, 2.75) is 6.17 Å². The van der Waals surface area contributed by atoms with Crippen molar-refractivity contribution in [1.82, 2.24) is 0 Å². The van der Waals surface area contributed by atoms with Gasteiger partial charge in [0.15, 0.2) is 0 Å². The van der Waals surface area contributed by atoms with Gasteiger partial charge in [0.2, 0.25) is 0 Å². The van der Waals surface area contributed by atoms with Crippen molar-refractivity contribution in [2.75, 3.05) is 45.3 Å². The lowest BCUT2D eigenvalue weighted by molar-refractivity contribution is -0.142. The molecule has 2 aliphatic rings. The van der Waals surface area contributed by atoms with Gasteiger partial charge in [0.1, 0.15) is 17.4 Å². The minimum Gasteiger partial charge on any atom is -0.466 e. The summed E-state index contributed by atoms with van der Waals surface area (Å²) in [6, 6.07) is 6.99. The first-order valence-corrected chi connectivity index (χ1v) is 8.77. The maximum Gasteiger partial charge on any atom is 0.355 e. The van der Waals surface area contributed by atoms with Gasteiger partial charge >= 0.3 is 23.9 Å². The Hall–Kier alpha value is -3.82. The number of methoxy groups -OCH3 is 4. The van der Waals surface area contributed by atoms with Crippen LogP contribution in [0.4, 0.5) is 11.4 Å². The van der Waals surface area contributed by atoms with E-state index in [0.717, 1.165) is 28.4 Å². The molecule has 2 heterocycles.